The van der Waals surface area contributed by atoms with E-state index in [1.54, 1.807) is 0 Å². The zero-order valence-electron chi connectivity index (χ0n) is 11.8. The minimum Gasteiger partial charge on any atom is -0.339 e. The molecule has 0 aliphatic carbocycles. The lowest BCUT2D eigenvalue weighted by Gasteiger charge is -2.23. The lowest BCUT2D eigenvalue weighted by atomic mass is 9.86. The Morgan fingerprint density at radius 3 is 2.47 bits per heavy atom. The molecule has 0 aliphatic heterocycles. The van der Waals surface area contributed by atoms with Crippen LogP contribution in [0.1, 0.15) is 31.9 Å². The smallest absolute Gasteiger partial charge is 0.144 e. The topological polar surface area (TPSA) is 24.9 Å². The standard InChI is InChI=1S/C16H19BrN2/c1-11-9-13(17)15(18-10-11)19-14-8-6-5-7-12(14)16(2,3)4/h5-10H,1-4H3,(H,18,19). The second-order valence-corrected chi connectivity index (χ2v) is 6.62. The molecular formula is C16H19BrN2. The average molecular weight is 319 g/mol. The number of para-hydroxylation sites is 1. The summed E-state index contributed by atoms with van der Waals surface area (Å²) >= 11 is 3.55. The van der Waals surface area contributed by atoms with Crippen LogP contribution >= 0.6 is 15.9 Å². The molecule has 100 valence electrons. The maximum absolute atomic E-state index is 4.44. The molecule has 0 spiro atoms. The predicted octanol–water partition coefficient (Wildman–Crippen LogP) is 5.19. The maximum Gasteiger partial charge on any atom is 0.144 e. The zero-order chi connectivity index (χ0) is 14.0. The summed E-state index contributed by atoms with van der Waals surface area (Å²) in [6.07, 6.45) is 1.87. The highest BCUT2D eigenvalue weighted by Gasteiger charge is 2.18. The molecule has 19 heavy (non-hydrogen) atoms. The molecule has 0 amide bonds. The number of nitrogens with zero attached hydrogens (tertiary/aromatic N) is 1. The summed E-state index contributed by atoms with van der Waals surface area (Å²) in [5.41, 5.74) is 3.62. The summed E-state index contributed by atoms with van der Waals surface area (Å²) < 4.78 is 0.983. The summed E-state index contributed by atoms with van der Waals surface area (Å²) in [6.45, 7) is 8.67. The highest BCUT2D eigenvalue weighted by Crippen LogP contribution is 2.32. The van der Waals surface area contributed by atoms with E-state index in [1.165, 1.54) is 5.56 Å². The van der Waals surface area contributed by atoms with Gasteiger partial charge in [0.15, 0.2) is 0 Å². The van der Waals surface area contributed by atoms with E-state index < -0.39 is 0 Å². The molecule has 0 aliphatic rings. The third-order valence-electron chi connectivity index (χ3n) is 2.97. The van der Waals surface area contributed by atoms with Gasteiger partial charge in [-0.15, -0.1) is 0 Å². The minimum atomic E-state index is 0.0980. The van der Waals surface area contributed by atoms with Crippen molar-refractivity contribution in [2.75, 3.05) is 5.32 Å². The van der Waals surface area contributed by atoms with Crippen LogP contribution in [-0.4, -0.2) is 4.98 Å². The number of aryl methyl sites for hydroxylation is 1. The number of anilines is 2. The summed E-state index contributed by atoms with van der Waals surface area (Å²) in [5, 5.41) is 3.42. The predicted molar refractivity (Wildman–Crippen MR) is 85.1 cm³/mol. The van der Waals surface area contributed by atoms with Crippen molar-refractivity contribution in [3.05, 3.63) is 52.1 Å². The lowest BCUT2D eigenvalue weighted by Crippen LogP contribution is -2.13. The summed E-state index contributed by atoms with van der Waals surface area (Å²) in [5.74, 6) is 0.849. The van der Waals surface area contributed by atoms with Crippen molar-refractivity contribution in [3.8, 4) is 0 Å². The van der Waals surface area contributed by atoms with Gasteiger partial charge < -0.3 is 5.32 Å². The first kappa shape index (κ1) is 14.1. The van der Waals surface area contributed by atoms with Crippen LogP contribution in [0.15, 0.2) is 41.0 Å². The van der Waals surface area contributed by atoms with Crippen molar-refractivity contribution < 1.29 is 0 Å². The highest BCUT2D eigenvalue weighted by molar-refractivity contribution is 9.10. The van der Waals surface area contributed by atoms with Crippen LogP contribution < -0.4 is 5.32 Å². The van der Waals surface area contributed by atoms with Crippen molar-refractivity contribution >= 4 is 27.4 Å². The average Bonchev–Trinajstić information content (AvgIpc) is 2.32. The van der Waals surface area contributed by atoms with Crippen molar-refractivity contribution in [3.63, 3.8) is 0 Å². The number of benzene rings is 1. The molecule has 2 aromatic rings. The fraction of sp³-hybridized carbons (Fsp3) is 0.312. The van der Waals surface area contributed by atoms with Crippen LogP contribution in [0.5, 0.6) is 0 Å². The second kappa shape index (κ2) is 5.33. The monoisotopic (exact) mass is 318 g/mol. The van der Waals surface area contributed by atoms with E-state index in [0.717, 1.165) is 21.5 Å². The third-order valence-corrected chi connectivity index (χ3v) is 3.57. The van der Waals surface area contributed by atoms with Gasteiger partial charge in [0.1, 0.15) is 5.82 Å². The fourth-order valence-corrected chi connectivity index (χ4v) is 2.56. The molecule has 1 N–H and O–H groups in total. The van der Waals surface area contributed by atoms with E-state index >= 15 is 0 Å². The van der Waals surface area contributed by atoms with Crippen LogP contribution in [0, 0.1) is 6.92 Å². The molecule has 0 unspecified atom stereocenters. The molecule has 2 nitrogen and oxygen atoms in total. The zero-order valence-corrected chi connectivity index (χ0v) is 13.4. The van der Waals surface area contributed by atoms with E-state index in [4.69, 9.17) is 0 Å². The van der Waals surface area contributed by atoms with Crippen molar-refractivity contribution in [2.24, 2.45) is 0 Å². The molecule has 0 bridgehead atoms. The van der Waals surface area contributed by atoms with Gasteiger partial charge in [0.25, 0.3) is 0 Å². The Labute approximate surface area is 123 Å². The Bertz CT molecular complexity index is 586. The Morgan fingerprint density at radius 2 is 1.84 bits per heavy atom. The molecule has 0 saturated carbocycles. The number of nitrogens with one attached hydrogen (secondary N) is 1. The van der Waals surface area contributed by atoms with Crippen LogP contribution in [0.4, 0.5) is 11.5 Å². The highest BCUT2D eigenvalue weighted by atomic mass is 79.9. The van der Waals surface area contributed by atoms with Crippen molar-refractivity contribution in [2.45, 2.75) is 33.1 Å². The largest absolute Gasteiger partial charge is 0.339 e. The number of halogens is 1. The van der Waals surface area contributed by atoms with E-state index in [-0.39, 0.29) is 5.41 Å². The van der Waals surface area contributed by atoms with E-state index in [9.17, 15) is 0 Å². The van der Waals surface area contributed by atoms with Gasteiger partial charge in [0.2, 0.25) is 0 Å². The maximum atomic E-state index is 4.44. The number of rotatable bonds is 2. The molecule has 0 atom stereocenters. The number of pyridine rings is 1. The van der Waals surface area contributed by atoms with Gasteiger partial charge in [0, 0.05) is 11.9 Å². The summed E-state index contributed by atoms with van der Waals surface area (Å²) in [7, 11) is 0. The first-order valence-corrected chi connectivity index (χ1v) is 7.16. The SMILES string of the molecule is Cc1cnc(Nc2ccccc2C(C)(C)C)c(Br)c1. The summed E-state index contributed by atoms with van der Waals surface area (Å²) in [6, 6.07) is 10.4. The van der Waals surface area contributed by atoms with Gasteiger partial charge >= 0.3 is 0 Å². The molecule has 1 heterocycles. The number of hydrogen-bond acceptors (Lipinski definition) is 2. The van der Waals surface area contributed by atoms with Gasteiger partial charge in [-0.25, -0.2) is 4.98 Å². The van der Waals surface area contributed by atoms with Crippen LogP contribution in [0.2, 0.25) is 0 Å². The lowest BCUT2D eigenvalue weighted by molar-refractivity contribution is 0.592. The Hall–Kier alpha value is -1.35. The molecule has 2 rings (SSSR count). The van der Waals surface area contributed by atoms with E-state index in [0.29, 0.717) is 0 Å². The molecule has 3 heteroatoms. The van der Waals surface area contributed by atoms with Gasteiger partial charge in [-0.05, 0) is 51.5 Å². The normalized spacial score (nSPS) is 11.4. The third kappa shape index (κ3) is 3.35. The number of aromatic nitrogens is 1. The van der Waals surface area contributed by atoms with Crippen LogP contribution in [-0.2, 0) is 5.41 Å². The van der Waals surface area contributed by atoms with Gasteiger partial charge in [-0.3, -0.25) is 0 Å². The fourth-order valence-electron chi connectivity index (χ4n) is 2.00. The molecule has 1 aromatic carbocycles. The molecular weight excluding hydrogens is 300 g/mol. The molecule has 0 fully saturated rings. The Kier molecular flexibility index (Phi) is 3.95. The van der Waals surface area contributed by atoms with Gasteiger partial charge in [-0.1, -0.05) is 39.0 Å². The molecule has 0 radical (unpaired) electrons. The van der Waals surface area contributed by atoms with Crippen molar-refractivity contribution in [1.82, 2.24) is 4.98 Å². The summed E-state index contributed by atoms with van der Waals surface area (Å²) in [4.78, 5) is 4.44. The second-order valence-electron chi connectivity index (χ2n) is 5.76. The molecule has 1 aromatic heterocycles. The number of hydrogen-bond donors (Lipinski definition) is 1. The van der Waals surface area contributed by atoms with Gasteiger partial charge in [0.05, 0.1) is 4.47 Å². The first-order valence-electron chi connectivity index (χ1n) is 6.36. The quantitative estimate of drug-likeness (QED) is 0.823. The minimum absolute atomic E-state index is 0.0980. The van der Waals surface area contributed by atoms with Crippen molar-refractivity contribution in [1.29, 1.82) is 0 Å². The molecule has 0 saturated heterocycles. The van der Waals surface area contributed by atoms with Gasteiger partial charge in [-0.2, -0.15) is 0 Å². The Morgan fingerprint density at radius 1 is 1.16 bits per heavy atom. The Balaban J connectivity index is 2.39. The van der Waals surface area contributed by atoms with E-state index in [1.807, 2.05) is 19.2 Å². The van der Waals surface area contributed by atoms with Crippen LogP contribution in [0.3, 0.4) is 0 Å². The first-order chi connectivity index (χ1) is 8.88. The van der Waals surface area contributed by atoms with Crippen LogP contribution in [0.25, 0.3) is 0 Å². The van der Waals surface area contributed by atoms with E-state index in [2.05, 4.69) is 71.3 Å².